The lowest BCUT2D eigenvalue weighted by Crippen LogP contribution is -2.43. The number of hydrogen-bond donors (Lipinski definition) is 2. The molecule has 0 aromatic heterocycles. The maximum absolute atomic E-state index is 13.7. The molecular weight excluding hydrogens is 318 g/mol. The number of nitrogens with one attached hydrogen (secondary N) is 1. The minimum absolute atomic E-state index is 0. The van der Waals surface area contributed by atoms with E-state index in [-0.39, 0.29) is 25.0 Å². The first-order valence-corrected chi connectivity index (χ1v) is 6.59. The van der Waals surface area contributed by atoms with Crippen LogP contribution in [0.2, 0.25) is 0 Å². The summed E-state index contributed by atoms with van der Waals surface area (Å²) in [7, 11) is 0. The van der Waals surface area contributed by atoms with Crippen LogP contribution in [0, 0.1) is 11.6 Å². The molecule has 1 amide bonds. The number of benzene rings is 1. The molecular formula is C14H17ClF2N2O3. The zero-order valence-electron chi connectivity index (χ0n) is 11.9. The summed E-state index contributed by atoms with van der Waals surface area (Å²) >= 11 is 0. The van der Waals surface area contributed by atoms with Gasteiger partial charge in [0.15, 0.2) is 0 Å². The first-order chi connectivity index (χ1) is 9.88. The first kappa shape index (κ1) is 18.3. The van der Waals surface area contributed by atoms with Crippen molar-refractivity contribution in [1.82, 2.24) is 10.2 Å². The molecule has 2 rings (SSSR count). The van der Waals surface area contributed by atoms with Gasteiger partial charge in [0.2, 0.25) is 5.91 Å². The van der Waals surface area contributed by atoms with Crippen LogP contribution in [0.25, 0.3) is 0 Å². The van der Waals surface area contributed by atoms with E-state index in [9.17, 15) is 18.4 Å². The van der Waals surface area contributed by atoms with Crippen molar-refractivity contribution in [3.05, 3.63) is 34.9 Å². The highest BCUT2D eigenvalue weighted by Gasteiger charge is 2.28. The average molecular weight is 335 g/mol. The van der Waals surface area contributed by atoms with Crippen molar-refractivity contribution in [2.45, 2.75) is 19.4 Å². The molecule has 5 nitrogen and oxygen atoms in total. The predicted octanol–water partition coefficient (Wildman–Crippen LogP) is 1.51. The van der Waals surface area contributed by atoms with Crippen molar-refractivity contribution in [3.8, 4) is 0 Å². The topological polar surface area (TPSA) is 69.6 Å². The summed E-state index contributed by atoms with van der Waals surface area (Å²) in [6.07, 6.45) is 0.387. The number of carbonyl (C=O) groups is 2. The Bertz CT molecular complexity index is 583. The molecule has 22 heavy (non-hydrogen) atoms. The maximum Gasteiger partial charge on any atom is 0.322 e. The van der Waals surface area contributed by atoms with Gasteiger partial charge < -0.3 is 10.4 Å². The third kappa shape index (κ3) is 4.14. The molecule has 0 radical (unpaired) electrons. The quantitative estimate of drug-likeness (QED) is 0.875. The third-order valence-electron chi connectivity index (χ3n) is 3.63. The van der Waals surface area contributed by atoms with Crippen molar-refractivity contribution in [2.24, 2.45) is 0 Å². The summed E-state index contributed by atoms with van der Waals surface area (Å²) in [5.41, 5.74) is 1.01. The standard InChI is InChI=1S/C14H16F2N2O3.ClH/c1-8-11-4-9(15)5-12(16)10(11)2-3-18(8)7-13(19)17-6-14(20)21;/h4-5,8H,2-3,6-7H2,1H3,(H,17,19)(H,20,21);1H. The molecule has 0 saturated carbocycles. The van der Waals surface area contributed by atoms with E-state index in [1.165, 1.54) is 6.07 Å². The molecule has 2 N–H and O–H groups in total. The number of aliphatic carboxylic acids is 1. The van der Waals surface area contributed by atoms with Crippen molar-refractivity contribution in [2.75, 3.05) is 19.6 Å². The van der Waals surface area contributed by atoms with Crippen molar-refractivity contribution in [3.63, 3.8) is 0 Å². The van der Waals surface area contributed by atoms with Crippen LogP contribution in [-0.4, -0.2) is 41.5 Å². The Morgan fingerprint density at radius 1 is 1.41 bits per heavy atom. The van der Waals surface area contributed by atoms with Gasteiger partial charge in [-0.15, -0.1) is 12.4 Å². The minimum atomic E-state index is -1.12. The lowest BCUT2D eigenvalue weighted by molar-refractivity contribution is -0.138. The monoisotopic (exact) mass is 334 g/mol. The fourth-order valence-electron chi connectivity index (χ4n) is 2.54. The molecule has 1 atom stereocenters. The number of amides is 1. The molecule has 0 saturated heterocycles. The Hall–Kier alpha value is -1.73. The van der Waals surface area contributed by atoms with Gasteiger partial charge in [-0.25, -0.2) is 8.78 Å². The summed E-state index contributed by atoms with van der Waals surface area (Å²) in [4.78, 5) is 23.8. The van der Waals surface area contributed by atoms with Gasteiger partial charge in [0.25, 0.3) is 0 Å². The Labute approximate surface area is 132 Å². The number of nitrogens with zero attached hydrogens (tertiary/aromatic N) is 1. The third-order valence-corrected chi connectivity index (χ3v) is 3.63. The second kappa shape index (κ2) is 7.51. The van der Waals surface area contributed by atoms with Crippen LogP contribution in [0.15, 0.2) is 12.1 Å². The van der Waals surface area contributed by atoms with E-state index in [0.717, 1.165) is 6.07 Å². The number of halogens is 3. The van der Waals surface area contributed by atoms with Gasteiger partial charge in [0.05, 0.1) is 6.54 Å². The highest BCUT2D eigenvalue weighted by Crippen LogP contribution is 2.31. The normalized spacial score (nSPS) is 17.3. The first-order valence-electron chi connectivity index (χ1n) is 6.59. The van der Waals surface area contributed by atoms with Crippen molar-refractivity contribution >= 4 is 24.3 Å². The highest BCUT2D eigenvalue weighted by molar-refractivity contribution is 5.85. The summed E-state index contributed by atoms with van der Waals surface area (Å²) in [6, 6.07) is 1.83. The summed E-state index contributed by atoms with van der Waals surface area (Å²) in [5, 5.41) is 10.8. The number of rotatable bonds is 4. The van der Waals surface area contributed by atoms with Crippen molar-refractivity contribution < 1.29 is 23.5 Å². The Morgan fingerprint density at radius 3 is 2.73 bits per heavy atom. The summed E-state index contributed by atoms with van der Waals surface area (Å²) < 4.78 is 27.0. The zero-order valence-corrected chi connectivity index (χ0v) is 12.8. The molecule has 1 aromatic carbocycles. The van der Waals surface area contributed by atoms with Crippen LogP contribution in [0.1, 0.15) is 24.1 Å². The Balaban J connectivity index is 0.00000242. The maximum atomic E-state index is 13.7. The molecule has 0 bridgehead atoms. The fraction of sp³-hybridized carbons (Fsp3) is 0.429. The molecule has 1 aliphatic rings. The molecule has 122 valence electrons. The molecule has 0 fully saturated rings. The molecule has 8 heteroatoms. The number of hydrogen-bond acceptors (Lipinski definition) is 3. The number of carboxylic acid groups (broad SMARTS) is 1. The molecule has 0 spiro atoms. The lowest BCUT2D eigenvalue weighted by Gasteiger charge is -2.34. The Morgan fingerprint density at radius 2 is 2.09 bits per heavy atom. The van der Waals surface area contributed by atoms with E-state index in [0.29, 0.717) is 24.1 Å². The largest absolute Gasteiger partial charge is 0.480 e. The average Bonchev–Trinajstić information content (AvgIpc) is 2.40. The van der Waals surface area contributed by atoms with Crippen LogP contribution in [0.3, 0.4) is 0 Å². The van der Waals surface area contributed by atoms with Crippen LogP contribution in [0.4, 0.5) is 8.78 Å². The second-order valence-corrected chi connectivity index (χ2v) is 5.02. The van der Waals surface area contributed by atoms with Gasteiger partial charge in [0.1, 0.15) is 18.2 Å². The molecule has 1 heterocycles. The van der Waals surface area contributed by atoms with Crippen LogP contribution in [0.5, 0.6) is 0 Å². The summed E-state index contributed by atoms with van der Waals surface area (Å²) in [6.45, 7) is 1.77. The molecule has 0 aliphatic carbocycles. The van der Waals surface area contributed by atoms with Gasteiger partial charge >= 0.3 is 5.97 Å². The van der Waals surface area contributed by atoms with Gasteiger partial charge in [-0.05, 0) is 30.5 Å². The Kier molecular flexibility index (Phi) is 6.25. The lowest BCUT2D eigenvalue weighted by atomic mass is 9.93. The van der Waals surface area contributed by atoms with E-state index in [1.807, 2.05) is 0 Å². The van der Waals surface area contributed by atoms with E-state index in [1.54, 1.807) is 11.8 Å². The predicted molar refractivity (Wildman–Crippen MR) is 77.9 cm³/mol. The smallest absolute Gasteiger partial charge is 0.322 e. The van der Waals surface area contributed by atoms with E-state index < -0.39 is 30.1 Å². The van der Waals surface area contributed by atoms with Gasteiger partial charge in [0, 0.05) is 18.7 Å². The number of carbonyl (C=O) groups excluding carboxylic acids is 1. The van der Waals surface area contributed by atoms with E-state index in [2.05, 4.69) is 5.32 Å². The van der Waals surface area contributed by atoms with Gasteiger partial charge in [-0.1, -0.05) is 0 Å². The molecule has 1 aromatic rings. The SMILES string of the molecule is CC1c2cc(F)cc(F)c2CCN1CC(=O)NCC(=O)O.Cl. The molecule has 1 aliphatic heterocycles. The second-order valence-electron chi connectivity index (χ2n) is 5.02. The zero-order chi connectivity index (χ0) is 15.6. The number of carboxylic acids is 1. The molecule has 1 unspecified atom stereocenters. The number of fused-ring (bicyclic) bond motifs is 1. The van der Waals surface area contributed by atoms with Gasteiger partial charge in [-0.2, -0.15) is 0 Å². The highest BCUT2D eigenvalue weighted by atomic mass is 35.5. The van der Waals surface area contributed by atoms with Crippen LogP contribution in [-0.2, 0) is 16.0 Å². The van der Waals surface area contributed by atoms with Crippen LogP contribution >= 0.6 is 12.4 Å². The van der Waals surface area contributed by atoms with Crippen LogP contribution < -0.4 is 5.32 Å². The van der Waals surface area contributed by atoms with E-state index >= 15 is 0 Å². The van der Waals surface area contributed by atoms with Crippen molar-refractivity contribution in [1.29, 1.82) is 0 Å². The van der Waals surface area contributed by atoms with E-state index in [4.69, 9.17) is 5.11 Å². The summed E-state index contributed by atoms with van der Waals surface area (Å²) in [5.74, 6) is -2.75. The minimum Gasteiger partial charge on any atom is -0.480 e. The fourth-order valence-corrected chi connectivity index (χ4v) is 2.54. The van der Waals surface area contributed by atoms with Gasteiger partial charge in [-0.3, -0.25) is 14.5 Å².